The fourth-order valence-electron chi connectivity index (χ4n) is 1.54. The molecule has 1 aromatic heterocycles. The number of hydrogen-bond acceptors (Lipinski definition) is 5. The number of aromatic nitrogens is 2. The summed E-state index contributed by atoms with van der Waals surface area (Å²) in [7, 11) is 0. The average Bonchev–Trinajstić information content (AvgIpc) is 2.91. The molecule has 0 aliphatic heterocycles. The third-order valence-electron chi connectivity index (χ3n) is 2.95. The van der Waals surface area contributed by atoms with E-state index in [1.807, 2.05) is 0 Å². The van der Waals surface area contributed by atoms with Crippen molar-refractivity contribution in [1.82, 2.24) is 9.36 Å². The second-order valence-corrected chi connectivity index (χ2v) is 5.08. The Balaban J connectivity index is 1.83. The molecule has 1 aliphatic rings. The molecule has 0 radical (unpaired) electrons. The van der Waals surface area contributed by atoms with E-state index in [4.69, 9.17) is 5.73 Å². The van der Waals surface area contributed by atoms with E-state index in [9.17, 15) is 0 Å². The summed E-state index contributed by atoms with van der Waals surface area (Å²) in [5, 5.41) is 4.28. The van der Waals surface area contributed by atoms with Gasteiger partial charge in [-0.3, -0.25) is 0 Å². The molecule has 0 aromatic carbocycles. The van der Waals surface area contributed by atoms with Gasteiger partial charge in [0.2, 0.25) is 5.13 Å². The highest BCUT2D eigenvalue weighted by Crippen LogP contribution is 2.44. The molecule has 0 unspecified atom stereocenters. The molecule has 1 aliphatic carbocycles. The highest BCUT2D eigenvalue weighted by atomic mass is 32.1. The summed E-state index contributed by atoms with van der Waals surface area (Å²) < 4.78 is 4.29. The van der Waals surface area contributed by atoms with Gasteiger partial charge in [0, 0.05) is 24.5 Å². The summed E-state index contributed by atoms with van der Waals surface area (Å²) in [6.45, 7) is 3.87. The van der Waals surface area contributed by atoms with Gasteiger partial charge in [-0.1, -0.05) is 6.92 Å². The van der Waals surface area contributed by atoms with Gasteiger partial charge in [0.1, 0.15) is 5.82 Å². The number of aryl methyl sites for hydroxylation is 1. The van der Waals surface area contributed by atoms with Crippen LogP contribution in [-0.4, -0.2) is 22.4 Å². The fourth-order valence-corrected chi connectivity index (χ4v) is 2.15. The van der Waals surface area contributed by atoms with Crippen molar-refractivity contribution in [3.8, 4) is 0 Å². The van der Waals surface area contributed by atoms with Crippen molar-refractivity contribution in [2.24, 2.45) is 11.1 Å². The first-order valence-electron chi connectivity index (χ1n) is 5.54. The lowest BCUT2D eigenvalue weighted by molar-refractivity contribution is 0.555. The lowest BCUT2D eigenvalue weighted by Crippen LogP contribution is -2.24. The Hall–Kier alpha value is -0.680. The Bertz CT molecular complexity index is 319. The topological polar surface area (TPSA) is 63.8 Å². The molecule has 3 N–H and O–H groups in total. The van der Waals surface area contributed by atoms with Crippen molar-refractivity contribution in [2.45, 2.75) is 32.6 Å². The van der Waals surface area contributed by atoms with Crippen LogP contribution < -0.4 is 11.1 Å². The van der Waals surface area contributed by atoms with Gasteiger partial charge in [-0.2, -0.15) is 4.37 Å². The van der Waals surface area contributed by atoms with Crippen LogP contribution >= 0.6 is 11.5 Å². The van der Waals surface area contributed by atoms with Gasteiger partial charge in [0.15, 0.2) is 0 Å². The van der Waals surface area contributed by atoms with Crippen LogP contribution in [0.5, 0.6) is 0 Å². The van der Waals surface area contributed by atoms with E-state index >= 15 is 0 Å². The number of nitrogens with zero attached hydrogens (tertiary/aromatic N) is 2. The van der Waals surface area contributed by atoms with Crippen LogP contribution in [0.3, 0.4) is 0 Å². The van der Waals surface area contributed by atoms with Gasteiger partial charge in [-0.15, -0.1) is 0 Å². The smallest absolute Gasteiger partial charge is 0.202 e. The minimum Gasteiger partial charge on any atom is -0.360 e. The molecule has 1 saturated carbocycles. The molecule has 0 amide bonds. The molecule has 2 rings (SSSR count). The minimum absolute atomic E-state index is 0.358. The molecular weight excluding hydrogens is 208 g/mol. The number of anilines is 1. The predicted molar refractivity (Wildman–Crippen MR) is 63.1 cm³/mol. The molecule has 4 nitrogen and oxygen atoms in total. The van der Waals surface area contributed by atoms with Gasteiger partial charge in [0.05, 0.1) is 0 Å². The largest absolute Gasteiger partial charge is 0.360 e. The maximum atomic E-state index is 5.71. The summed E-state index contributed by atoms with van der Waals surface area (Å²) >= 11 is 1.46. The lowest BCUT2D eigenvalue weighted by Gasteiger charge is -2.11. The standard InChI is InChI=1S/C10H18N4S/c1-2-3-8-13-9(15-14-8)12-7-10(6-11)4-5-10/h2-7,11H2,1H3,(H,12,13,14). The Kier molecular flexibility index (Phi) is 3.21. The zero-order valence-electron chi connectivity index (χ0n) is 9.12. The first-order valence-corrected chi connectivity index (χ1v) is 6.32. The molecule has 1 fully saturated rings. The summed E-state index contributed by atoms with van der Waals surface area (Å²) in [4.78, 5) is 4.42. The summed E-state index contributed by atoms with van der Waals surface area (Å²) in [5.41, 5.74) is 6.07. The maximum absolute atomic E-state index is 5.71. The van der Waals surface area contributed by atoms with Crippen LogP contribution in [0.2, 0.25) is 0 Å². The third-order valence-corrected chi connectivity index (χ3v) is 3.66. The van der Waals surface area contributed by atoms with Crippen LogP contribution in [0.25, 0.3) is 0 Å². The van der Waals surface area contributed by atoms with E-state index in [0.29, 0.717) is 5.41 Å². The normalized spacial score (nSPS) is 17.7. The highest BCUT2D eigenvalue weighted by molar-refractivity contribution is 7.09. The van der Waals surface area contributed by atoms with Crippen molar-refractivity contribution in [3.63, 3.8) is 0 Å². The molecule has 1 heterocycles. The third kappa shape index (κ3) is 2.66. The highest BCUT2D eigenvalue weighted by Gasteiger charge is 2.40. The van der Waals surface area contributed by atoms with Gasteiger partial charge in [0.25, 0.3) is 0 Å². The summed E-state index contributed by atoms with van der Waals surface area (Å²) in [6, 6.07) is 0. The Morgan fingerprint density at radius 1 is 1.53 bits per heavy atom. The fraction of sp³-hybridized carbons (Fsp3) is 0.800. The monoisotopic (exact) mass is 226 g/mol. The van der Waals surface area contributed by atoms with Gasteiger partial charge >= 0.3 is 0 Å². The summed E-state index contributed by atoms with van der Waals surface area (Å²) in [5.74, 6) is 0.961. The quantitative estimate of drug-likeness (QED) is 0.774. The first kappa shape index (κ1) is 10.8. The van der Waals surface area contributed by atoms with Crippen molar-refractivity contribution in [2.75, 3.05) is 18.4 Å². The molecule has 0 atom stereocenters. The van der Waals surface area contributed by atoms with Crippen LogP contribution in [0.4, 0.5) is 5.13 Å². The zero-order chi connectivity index (χ0) is 10.7. The van der Waals surface area contributed by atoms with Crippen LogP contribution in [0.1, 0.15) is 32.0 Å². The second kappa shape index (κ2) is 4.45. The lowest BCUT2D eigenvalue weighted by atomic mass is 10.1. The number of hydrogen-bond donors (Lipinski definition) is 2. The SMILES string of the molecule is CCCc1nsc(NCC2(CN)CC2)n1. The Morgan fingerprint density at radius 2 is 2.33 bits per heavy atom. The Labute approximate surface area is 94.5 Å². The molecule has 0 bridgehead atoms. The number of rotatable bonds is 6. The predicted octanol–water partition coefficient (Wildman–Crippen LogP) is 1.64. The van der Waals surface area contributed by atoms with Crippen LogP contribution in [0, 0.1) is 5.41 Å². The van der Waals surface area contributed by atoms with Crippen molar-refractivity contribution < 1.29 is 0 Å². The average molecular weight is 226 g/mol. The van der Waals surface area contributed by atoms with Crippen molar-refractivity contribution in [1.29, 1.82) is 0 Å². The molecule has 1 aromatic rings. The second-order valence-electron chi connectivity index (χ2n) is 4.32. The van der Waals surface area contributed by atoms with E-state index in [2.05, 4.69) is 21.6 Å². The van der Waals surface area contributed by atoms with Crippen molar-refractivity contribution in [3.05, 3.63) is 5.82 Å². The molecule has 0 saturated heterocycles. The summed E-state index contributed by atoms with van der Waals surface area (Å²) in [6.07, 6.45) is 4.57. The van der Waals surface area contributed by atoms with Gasteiger partial charge in [-0.05, 0) is 31.2 Å². The van der Waals surface area contributed by atoms with E-state index < -0.39 is 0 Å². The van der Waals surface area contributed by atoms with E-state index in [1.165, 1.54) is 24.4 Å². The van der Waals surface area contributed by atoms with E-state index in [0.717, 1.165) is 36.9 Å². The molecule has 15 heavy (non-hydrogen) atoms. The Morgan fingerprint density at radius 3 is 2.93 bits per heavy atom. The number of nitrogens with two attached hydrogens (primary N) is 1. The molecule has 84 valence electrons. The minimum atomic E-state index is 0.358. The zero-order valence-corrected chi connectivity index (χ0v) is 9.94. The van der Waals surface area contributed by atoms with Crippen molar-refractivity contribution >= 4 is 16.7 Å². The molecular formula is C10H18N4S. The molecule has 5 heteroatoms. The molecule has 0 spiro atoms. The van der Waals surface area contributed by atoms with E-state index in [1.54, 1.807) is 0 Å². The van der Waals surface area contributed by atoms with E-state index in [-0.39, 0.29) is 0 Å². The first-order chi connectivity index (χ1) is 7.28. The van der Waals surface area contributed by atoms with Crippen LogP contribution in [0.15, 0.2) is 0 Å². The van der Waals surface area contributed by atoms with Gasteiger partial charge < -0.3 is 11.1 Å². The van der Waals surface area contributed by atoms with Crippen LogP contribution in [-0.2, 0) is 6.42 Å². The van der Waals surface area contributed by atoms with Gasteiger partial charge in [-0.25, -0.2) is 4.98 Å². The number of nitrogens with one attached hydrogen (secondary N) is 1. The maximum Gasteiger partial charge on any atom is 0.202 e.